The molecule has 0 radical (unpaired) electrons. The highest BCUT2D eigenvalue weighted by Crippen LogP contribution is 2.16. The summed E-state index contributed by atoms with van der Waals surface area (Å²) in [5, 5.41) is 6.08. The predicted molar refractivity (Wildman–Crippen MR) is 81.1 cm³/mol. The molecular weight excluding hydrogens is 339 g/mol. The van der Waals surface area contributed by atoms with Crippen LogP contribution in [0.5, 0.6) is 0 Å². The van der Waals surface area contributed by atoms with Gasteiger partial charge in [-0.25, -0.2) is 18.0 Å². The molecule has 9 heteroatoms. The average molecular weight is 349 g/mol. The van der Waals surface area contributed by atoms with Crippen molar-refractivity contribution < 1.29 is 22.4 Å². The number of halogens is 3. The van der Waals surface area contributed by atoms with Crippen LogP contribution in [0.1, 0.15) is 0 Å². The summed E-state index contributed by atoms with van der Waals surface area (Å²) >= 11 is 0. The first kappa shape index (κ1) is 16.5. The van der Waals surface area contributed by atoms with Gasteiger partial charge in [-0.15, -0.1) is 5.10 Å². The number of aromatic nitrogens is 2. The molecular formula is C16H10F3N3O3. The Balaban J connectivity index is 1.75. The molecule has 6 nitrogen and oxygen atoms in total. The summed E-state index contributed by atoms with van der Waals surface area (Å²) in [6.45, 7) is -0.526. The van der Waals surface area contributed by atoms with Crippen molar-refractivity contribution >= 4 is 11.6 Å². The molecule has 1 heterocycles. The molecule has 0 spiro atoms. The molecule has 128 valence electrons. The third-order valence-corrected chi connectivity index (χ3v) is 3.14. The number of hydrogen-bond donors (Lipinski definition) is 1. The van der Waals surface area contributed by atoms with Crippen LogP contribution in [0.4, 0.5) is 18.9 Å². The van der Waals surface area contributed by atoms with Crippen molar-refractivity contribution in [3.8, 4) is 11.5 Å². The zero-order valence-electron chi connectivity index (χ0n) is 12.5. The van der Waals surface area contributed by atoms with E-state index in [9.17, 15) is 22.8 Å². The number of carbonyl (C=O) groups is 1. The minimum absolute atomic E-state index is 0.0883. The van der Waals surface area contributed by atoms with Crippen LogP contribution in [0.2, 0.25) is 0 Å². The Morgan fingerprint density at radius 2 is 1.68 bits per heavy atom. The van der Waals surface area contributed by atoms with E-state index in [4.69, 9.17) is 4.42 Å². The van der Waals surface area contributed by atoms with Gasteiger partial charge < -0.3 is 9.73 Å². The maximum atomic E-state index is 13.1. The van der Waals surface area contributed by atoms with Crippen molar-refractivity contribution in [2.45, 2.75) is 6.54 Å². The number of nitrogens with one attached hydrogen (secondary N) is 1. The maximum Gasteiger partial charge on any atom is 0.437 e. The van der Waals surface area contributed by atoms with Crippen LogP contribution in [0.15, 0.2) is 51.7 Å². The Bertz CT molecular complexity index is 960. The highest BCUT2D eigenvalue weighted by atomic mass is 19.1. The number of benzene rings is 2. The lowest BCUT2D eigenvalue weighted by Crippen LogP contribution is -2.25. The van der Waals surface area contributed by atoms with Gasteiger partial charge in [0.1, 0.15) is 24.0 Å². The third-order valence-electron chi connectivity index (χ3n) is 3.14. The van der Waals surface area contributed by atoms with Gasteiger partial charge in [0.25, 0.3) is 0 Å². The molecule has 0 aliphatic carbocycles. The van der Waals surface area contributed by atoms with Gasteiger partial charge in [-0.1, -0.05) is 0 Å². The van der Waals surface area contributed by atoms with Gasteiger partial charge in [0.2, 0.25) is 11.8 Å². The van der Waals surface area contributed by atoms with Crippen LogP contribution < -0.4 is 11.1 Å². The van der Waals surface area contributed by atoms with E-state index >= 15 is 0 Å². The van der Waals surface area contributed by atoms with Gasteiger partial charge in [-0.2, -0.15) is 4.68 Å². The molecule has 3 rings (SSSR count). The second-order valence-electron chi connectivity index (χ2n) is 5.04. The molecule has 0 aliphatic heterocycles. The van der Waals surface area contributed by atoms with E-state index in [1.807, 2.05) is 0 Å². The molecule has 1 aromatic heterocycles. The van der Waals surface area contributed by atoms with Crippen LogP contribution in [-0.4, -0.2) is 15.7 Å². The number of amides is 1. The van der Waals surface area contributed by atoms with Gasteiger partial charge in [-0.05, 0) is 36.4 Å². The molecule has 0 saturated carbocycles. The highest BCUT2D eigenvalue weighted by molar-refractivity contribution is 5.90. The van der Waals surface area contributed by atoms with Crippen LogP contribution in [-0.2, 0) is 11.3 Å². The maximum absolute atomic E-state index is 13.1. The van der Waals surface area contributed by atoms with Crippen molar-refractivity contribution in [2.24, 2.45) is 0 Å². The Morgan fingerprint density at radius 1 is 1.04 bits per heavy atom. The fourth-order valence-corrected chi connectivity index (χ4v) is 2.08. The second-order valence-corrected chi connectivity index (χ2v) is 5.04. The Kier molecular flexibility index (Phi) is 4.38. The molecule has 25 heavy (non-hydrogen) atoms. The molecule has 1 amide bonds. The van der Waals surface area contributed by atoms with Gasteiger partial charge in [-0.3, -0.25) is 4.79 Å². The molecule has 2 aromatic carbocycles. The zero-order chi connectivity index (χ0) is 18.0. The van der Waals surface area contributed by atoms with Gasteiger partial charge in [0, 0.05) is 17.3 Å². The Labute approximate surface area is 138 Å². The number of rotatable bonds is 4. The summed E-state index contributed by atoms with van der Waals surface area (Å²) < 4.78 is 44.7. The molecule has 0 aliphatic rings. The monoisotopic (exact) mass is 349 g/mol. The number of anilines is 1. The SMILES string of the molecule is O=C(Cn1nc(-c2ccc(F)cc2)oc1=O)Nc1cc(F)cc(F)c1. The van der Waals surface area contributed by atoms with Gasteiger partial charge in [0.15, 0.2) is 0 Å². The average Bonchev–Trinajstić information content (AvgIpc) is 2.87. The first-order valence-electron chi connectivity index (χ1n) is 7.00. The molecule has 0 bridgehead atoms. The van der Waals surface area contributed by atoms with Crippen LogP contribution in [0.3, 0.4) is 0 Å². The normalized spacial score (nSPS) is 10.7. The van der Waals surface area contributed by atoms with E-state index in [1.54, 1.807) is 0 Å². The van der Waals surface area contributed by atoms with E-state index in [1.165, 1.54) is 24.3 Å². The summed E-state index contributed by atoms with van der Waals surface area (Å²) in [7, 11) is 0. The quantitative estimate of drug-likeness (QED) is 0.785. The van der Waals surface area contributed by atoms with E-state index in [0.29, 0.717) is 11.6 Å². The molecule has 1 N–H and O–H groups in total. The van der Waals surface area contributed by atoms with E-state index in [0.717, 1.165) is 16.8 Å². The van der Waals surface area contributed by atoms with E-state index in [-0.39, 0.29) is 11.6 Å². The van der Waals surface area contributed by atoms with E-state index < -0.39 is 35.7 Å². The van der Waals surface area contributed by atoms with Crippen molar-refractivity contribution in [3.63, 3.8) is 0 Å². The van der Waals surface area contributed by atoms with Gasteiger partial charge >= 0.3 is 5.76 Å². The molecule has 0 unspecified atom stereocenters. The van der Waals surface area contributed by atoms with Crippen LogP contribution in [0, 0.1) is 17.5 Å². The standard InChI is InChI=1S/C16H10F3N3O3/c17-10-3-1-9(2-4-10)15-21-22(16(24)25-15)8-14(23)20-13-6-11(18)5-12(19)7-13/h1-7H,8H2,(H,20,23). The molecule has 0 fully saturated rings. The van der Waals surface area contributed by atoms with Crippen molar-refractivity contribution in [1.29, 1.82) is 0 Å². The molecule has 0 atom stereocenters. The molecule has 0 saturated heterocycles. The lowest BCUT2D eigenvalue weighted by atomic mass is 10.2. The first-order valence-corrected chi connectivity index (χ1v) is 7.00. The first-order chi connectivity index (χ1) is 11.9. The Morgan fingerprint density at radius 3 is 2.32 bits per heavy atom. The summed E-state index contributed by atoms with van der Waals surface area (Å²) in [5.74, 6) is -3.90. The van der Waals surface area contributed by atoms with Crippen LogP contribution >= 0.6 is 0 Å². The Hall–Kier alpha value is -3.36. The fourth-order valence-electron chi connectivity index (χ4n) is 2.08. The third kappa shape index (κ3) is 3.94. The lowest BCUT2D eigenvalue weighted by molar-refractivity contribution is -0.117. The summed E-state index contributed by atoms with van der Waals surface area (Å²) in [6, 6.07) is 7.57. The summed E-state index contributed by atoms with van der Waals surface area (Å²) in [4.78, 5) is 23.6. The lowest BCUT2D eigenvalue weighted by Gasteiger charge is -2.04. The topological polar surface area (TPSA) is 77.1 Å². The largest absolute Gasteiger partial charge is 0.437 e. The van der Waals surface area contributed by atoms with Crippen LogP contribution in [0.25, 0.3) is 11.5 Å². The smallest absolute Gasteiger partial charge is 0.388 e. The van der Waals surface area contributed by atoms with Gasteiger partial charge in [0.05, 0.1) is 0 Å². The predicted octanol–water partition coefficient (Wildman–Crippen LogP) is 2.56. The number of nitrogens with zero attached hydrogens (tertiary/aromatic N) is 2. The van der Waals surface area contributed by atoms with E-state index in [2.05, 4.69) is 10.4 Å². The minimum Gasteiger partial charge on any atom is -0.388 e. The minimum atomic E-state index is -0.903. The molecule has 3 aromatic rings. The van der Waals surface area contributed by atoms with Crippen molar-refractivity contribution in [3.05, 3.63) is 70.5 Å². The fraction of sp³-hybridized carbons (Fsp3) is 0.0625. The summed E-state index contributed by atoms with van der Waals surface area (Å²) in [5.41, 5.74) is 0.252. The highest BCUT2D eigenvalue weighted by Gasteiger charge is 2.14. The zero-order valence-corrected chi connectivity index (χ0v) is 12.5. The number of hydrogen-bond acceptors (Lipinski definition) is 4. The summed E-state index contributed by atoms with van der Waals surface area (Å²) in [6.07, 6.45) is 0. The second kappa shape index (κ2) is 6.63. The van der Waals surface area contributed by atoms with Crippen molar-refractivity contribution in [2.75, 3.05) is 5.32 Å². The van der Waals surface area contributed by atoms with Crippen molar-refractivity contribution in [1.82, 2.24) is 9.78 Å². The number of carbonyl (C=O) groups excluding carboxylic acids is 1.